The Kier molecular flexibility index (Phi) is 5.74. The van der Waals surface area contributed by atoms with Gasteiger partial charge >= 0.3 is 0 Å². The van der Waals surface area contributed by atoms with E-state index in [0.717, 1.165) is 24.8 Å². The van der Waals surface area contributed by atoms with Gasteiger partial charge in [0.15, 0.2) is 0 Å². The summed E-state index contributed by atoms with van der Waals surface area (Å²) in [6, 6.07) is 14.7. The second kappa shape index (κ2) is 8.01. The normalized spacial score (nSPS) is 14.2. The maximum Gasteiger partial charge on any atom is 0.240 e. The van der Waals surface area contributed by atoms with Gasteiger partial charge in [0.2, 0.25) is 15.9 Å². The van der Waals surface area contributed by atoms with Crippen LogP contribution in [0.4, 0.5) is 5.69 Å². The van der Waals surface area contributed by atoms with Crippen LogP contribution >= 0.6 is 0 Å². The van der Waals surface area contributed by atoms with Gasteiger partial charge in [0.1, 0.15) is 0 Å². The molecule has 0 aliphatic heterocycles. The van der Waals surface area contributed by atoms with Crippen LogP contribution < -0.4 is 10.0 Å². The number of carbonyl (C=O) groups is 1. The zero-order valence-corrected chi connectivity index (χ0v) is 15.7. The van der Waals surface area contributed by atoms with E-state index >= 15 is 0 Å². The molecule has 1 amide bonds. The highest BCUT2D eigenvalue weighted by Crippen LogP contribution is 2.23. The van der Waals surface area contributed by atoms with Crippen LogP contribution in [-0.2, 0) is 27.7 Å². The molecular formula is C20H24N2O3S. The Morgan fingerprint density at radius 1 is 1.08 bits per heavy atom. The minimum Gasteiger partial charge on any atom is -0.326 e. The molecule has 6 heteroatoms. The standard InChI is InChI=1S/C20H24N2O3S/c1-2-15-6-8-16(9-7-15)10-13-20(23)21-18-4-3-5-19(14-18)26(24,25)22-17-11-12-17/h3-9,14,17,22H,2,10-13H2,1H3,(H,21,23). The van der Waals surface area contributed by atoms with Crippen molar-refractivity contribution in [3.05, 3.63) is 59.7 Å². The summed E-state index contributed by atoms with van der Waals surface area (Å²) >= 11 is 0. The van der Waals surface area contributed by atoms with E-state index < -0.39 is 10.0 Å². The average Bonchev–Trinajstić information content (AvgIpc) is 3.44. The smallest absolute Gasteiger partial charge is 0.240 e. The Morgan fingerprint density at radius 2 is 1.77 bits per heavy atom. The molecule has 2 aromatic carbocycles. The fraction of sp³-hybridized carbons (Fsp3) is 0.350. The van der Waals surface area contributed by atoms with Crippen LogP contribution in [0, 0.1) is 0 Å². The van der Waals surface area contributed by atoms with Crippen molar-refractivity contribution in [2.24, 2.45) is 0 Å². The summed E-state index contributed by atoms with van der Waals surface area (Å²) in [7, 11) is -3.52. The molecule has 0 saturated heterocycles. The van der Waals surface area contributed by atoms with Gasteiger partial charge in [-0.05, 0) is 55.0 Å². The molecule has 0 aromatic heterocycles. The van der Waals surface area contributed by atoms with E-state index in [2.05, 4.69) is 29.1 Å². The van der Waals surface area contributed by atoms with Crippen molar-refractivity contribution in [2.75, 3.05) is 5.32 Å². The van der Waals surface area contributed by atoms with Crippen molar-refractivity contribution in [3.63, 3.8) is 0 Å². The van der Waals surface area contributed by atoms with Gasteiger partial charge in [-0.15, -0.1) is 0 Å². The number of rotatable bonds is 8. The van der Waals surface area contributed by atoms with E-state index in [-0.39, 0.29) is 16.8 Å². The Morgan fingerprint density at radius 3 is 2.42 bits per heavy atom. The van der Waals surface area contributed by atoms with E-state index in [1.165, 1.54) is 17.7 Å². The van der Waals surface area contributed by atoms with Crippen molar-refractivity contribution in [2.45, 2.75) is 50.0 Å². The molecule has 0 spiro atoms. The first-order chi connectivity index (χ1) is 12.5. The van der Waals surface area contributed by atoms with E-state index in [0.29, 0.717) is 18.5 Å². The topological polar surface area (TPSA) is 75.3 Å². The molecule has 0 radical (unpaired) electrons. The van der Waals surface area contributed by atoms with Gasteiger partial charge < -0.3 is 5.32 Å². The first kappa shape index (κ1) is 18.6. The molecule has 3 rings (SSSR count). The third-order valence-electron chi connectivity index (χ3n) is 4.40. The summed E-state index contributed by atoms with van der Waals surface area (Å²) in [6.45, 7) is 2.11. The van der Waals surface area contributed by atoms with Crippen LogP contribution in [0.3, 0.4) is 0 Å². The molecule has 2 N–H and O–H groups in total. The molecule has 0 heterocycles. The fourth-order valence-corrected chi connectivity index (χ4v) is 4.00. The molecule has 1 fully saturated rings. The third-order valence-corrected chi connectivity index (χ3v) is 5.92. The summed E-state index contributed by atoms with van der Waals surface area (Å²) in [5.41, 5.74) is 2.88. The molecule has 26 heavy (non-hydrogen) atoms. The van der Waals surface area contributed by atoms with Gasteiger partial charge in [-0.25, -0.2) is 13.1 Å². The second-order valence-electron chi connectivity index (χ2n) is 6.64. The summed E-state index contributed by atoms with van der Waals surface area (Å²) < 4.78 is 27.2. The highest BCUT2D eigenvalue weighted by atomic mass is 32.2. The molecule has 0 bridgehead atoms. The quantitative estimate of drug-likeness (QED) is 0.747. The average molecular weight is 372 g/mol. The monoisotopic (exact) mass is 372 g/mol. The van der Waals surface area contributed by atoms with E-state index in [9.17, 15) is 13.2 Å². The summed E-state index contributed by atoms with van der Waals surface area (Å²) in [5, 5.41) is 2.79. The number of hydrogen-bond donors (Lipinski definition) is 2. The molecule has 138 valence electrons. The molecule has 1 saturated carbocycles. The van der Waals surface area contributed by atoms with Gasteiger partial charge in [-0.1, -0.05) is 37.3 Å². The van der Waals surface area contributed by atoms with Crippen LogP contribution in [-0.4, -0.2) is 20.4 Å². The number of sulfonamides is 1. The highest BCUT2D eigenvalue weighted by molar-refractivity contribution is 7.89. The van der Waals surface area contributed by atoms with Crippen LogP contribution in [0.2, 0.25) is 0 Å². The maximum absolute atomic E-state index is 12.3. The lowest BCUT2D eigenvalue weighted by molar-refractivity contribution is -0.116. The third kappa shape index (κ3) is 5.16. The zero-order chi connectivity index (χ0) is 18.6. The van der Waals surface area contributed by atoms with Gasteiger partial charge in [0, 0.05) is 18.2 Å². The van der Waals surface area contributed by atoms with Crippen molar-refractivity contribution < 1.29 is 13.2 Å². The predicted molar refractivity (Wildman–Crippen MR) is 103 cm³/mol. The van der Waals surface area contributed by atoms with Crippen LogP contribution in [0.15, 0.2) is 53.4 Å². The number of hydrogen-bond acceptors (Lipinski definition) is 3. The summed E-state index contributed by atoms with van der Waals surface area (Å²) in [6.07, 6.45) is 3.76. The van der Waals surface area contributed by atoms with E-state index in [1.54, 1.807) is 12.1 Å². The van der Waals surface area contributed by atoms with Crippen LogP contribution in [0.5, 0.6) is 0 Å². The Bertz CT molecular complexity index is 872. The maximum atomic E-state index is 12.3. The highest BCUT2D eigenvalue weighted by Gasteiger charge is 2.28. The molecule has 0 unspecified atom stereocenters. The second-order valence-corrected chi connectivity index (χ2v) is 8.36. The fourth-order valence-electron chi connectivity index (χ4n) is 2.65. The Hall–Kier alpha value is -2.18. The number of anilines is 1. The number of amides is 1. The minimum absolute atomic E-state index is 0.0531. The zero-order valence-electron chi connectivity index (χ0n) is 14.9. The summed E-state index contributed by atoms with van der Waals surface area (Å²) in [5.74, 6) is -0.130. The van der Waals surface area contributed by atoms with Crippen LogP contribution in [0.1, 0.15) is 37.3 Å². The number of carbonyl (C=O) groups excluding carboxylic acids is 1. The Balaban J connectivity index is 1.57. The lowest BCUT2D eigenvalue weighted by Crippen LogP contribution is -2.25. The summed E-state index contributed by atoms with van der Waals surface area (Å²) in [4.78, 5) is 12.4. The van der Waals surface area contributed by atoms with Crippen LogP contribution in [0.25, 0.3) is 0 Å². The lowest BCUT2D eigenvalue weighted by Gasteiger charge is -2.09. The first-order valence-electron chi connectivity index (χ1n) is 8.96. The van der Waals surface area contributed by atoms with Gasteiger partial charge in [-0.3, -0.25) is 4.79 Å². The van der Waals surface area contributed by atoms with E-state index in [4.69, 9.17) is 0 Å². The molecule has 1 aliphatic carbocycles. The number of aryl methyl sites for hydroxylation is 2. The first-order valence-corrected chi connectivity index (χ1v) is 10.4. The van der Waals surface area contributed by atoms with Gasteiger partial charge in [-0.2, -0.15) is 0 Å². The number of nitrogens with one attached hydrogen (secondary N) is 2. The van der Waals surface area contributed by atoms with Crippen molar-refractivity contribution in [1.82, 2.24) is 4.72 Å². The molecule has 0 atom stereocenters. The molecule has 1 aliphatic rings. The van der Waals surface area contributed by atoms with Gasteiger partial charge in [0.05, 0.1) is 4.90 Å². The minimum atomic E-state index is -3.52. The van der Waals surface area contributed by atoms with Crippen molar-refractivity contribution >= 4 is 21.6 Å². The molecule has 5 nitrogen and oxygen atoms in total. The van der Waals surface area contributed by atoms with Gasteiger partial charge in [0.25, 0.3) is 0 Å². The molecule has 2 aromatic rings. The van der Waals surface area contributed by atoms with E-state index in [1.807, 2.05) is 12.1 Å². The Labute approximate surface area is 154 Å². The van der Waals surface area contributed by atoms with Crippen molar-refractivity contribution in [1.29, 1.82) is 0 Å². The number of benzene rings is 2. The molecular weight excluding hydrogens is 348 g/mol. The SMILES string of the molecule is CCc1ccc(CCC(=O)Nc2cccc(S(=O)(=O)NC3CC3)c2)cc1. The lowest BCUT2D eigenvalue weighted by atomic mass is 10.1. The predicted octanol–water partition coefficient (Wildman–Crippen LogP) is 3.26. The van der Waals surface area contributed by atoms with Crippen molar-refractivity contribution in [3.8, 4) is 0 Å². The largest absolute Gasteiger partial charge is 0.326 e.